The molecule has 8 heteroatoms. The van der Waals surface area contributed by atoms with E-state index >= 15 is 0 Å². The third kappa shape index (κ3) is 4.94. The molecular weight excluding hydrogens is 550 g/mol. The maximum atomic E-state index is 14.3. The first-order valence-corrected chi connectivity index (χ1v) is 15.6. The highest BCUT2D eigenvalue weighted by atomic mass is 35.5. The number of hydrogen-bond acceptors (Lipinski definition) is 4. The van der Waals surface area contributed by atoms with E-state index in [0.717, 1.165) is 36.0 Å². The van der Waals surface area contributed by atoms with E-state index in [4.69, 9.17) is 16.3 Å². The van der Waals surface area contributed by atoms with E-state index in [9.17, 15) is 14.4 Å². The van der Waals surface area contributed by atoms with E-state index in [2.05, 4.69) is 48.7 Å². The molecule has 42 heavy (non-hydrogen) atoms. The highest BCUT2D eigenvalue weighted by Gasteiger charge is 2.72. The van der Waals surface area contributed by atoms with Gasteiger partial charge in [-0.3, -0.25) is 14.4 Å². The zero-order chi connectivity index (χ0) is 29.8. The molecule has 7 nitrogen and oxygen atoms in total. The van der Waals surface area contributed by atoms with Crippen LogP contribution in [0.1, 0.15) is 49.8 Å². The number of aryl methyl sites for hydroxylation is 2. The maximum Gasteiger partial charge on any atom is 0.246 e. The van der Waals surface area contributed by atoms with Gasteiger partial charge in [0, 0.05) is 23.3 Å². The topological polar surface area (TPSA) is 87.7 Å². The van der Waals surface area contributed by atoms with Gasteiger partial charge in [0.05, 0.1) is 17.9 Å². The summed E-state index contributed by atoms with van der Waals surface area (Å²) in [6.07, 6.45) is 6.88. The summed E-state index contributed by atoms with van der Waals surface area (Å²) >= 11 is 6.30. The number of benzene rings is 2. The number of rotatable bonds is 7. The Morgan fingerprint density at radius 2 is 1.83 bits per heavy atom. The van der Waals surface area contributed by atoms with Crippen molar-refractivity contribution in [3.05, 3.63) is 76.3 Å². The van der Waals surface area contributed by atoms with Crippen molar-refractivity contribution in [3.63, 3.8) is 0 Å². The van der Waals surface area contributed by atoms with Crippen molar-refractivity contribution >= 4 is 35.0 Å². The maximum absolute atomic E-state index is 14.3. The number of carbonyl (C=O) groups excluding carboxylic acids is 3. The Morgan fingerprint density at radius 1 is 1.07 bits per heavy atom. The minimum atomic E-state index is -1.18. The zero-order valence-corrected chi connectivity index (χ0v) is 25.5. The number of anilines is 1. The van der Waals surface area contributed by atoms with Crippen molar-refractivity contribution in [3.8, 4) is 0 Å². The van der Waals surface area contributed by atoms with Gasteiger partial charge in [-0.2, -0.15) is 0 Å². The number of halogens is 1. The van der Waals surface area contributed by atoms with E-state index in [1.165, 1.54) is 0 Å². The van der Waals surface area contributed by atoms with Crippen LogP contribution >= 0.6 is 11.6 Å². The lowest BCUT2D eigenvalue weighted by molar-refractivity contribution is -0.141. The first-order valence-electron chi connectivity index (χ1n) is 15.2. The summed E-state index contributed by atoms with van der Waals surface area (Å²) in [7, 11) is 0. The number of fused-ring (bicyclic) bond motifs is 1. The highest BCUT2D eigenvalue weighted by molar-refractivity contribution is 6.31. The fraction of sp³-hybridized carbons (Fsp3) is 0.500. The number of likely N-dealkylation sites (tertiary alicyclic amines) is 1. The van der Waals surface area contributed by atoms with Crippen LogP contribution in [0, 0.1) is 37.5 Å². The molecule has 2 N–H and O–H groups in total. The van der Waals surface area contributed by atoms with Gasteiger partial charge in [-0.15, -0.1) is 0 Å². The van der Waals surface area contributed by atoms with Crippen molar-refractivity contribution in [1.29, 1.82) is 0 Å². The van der Waals surface area contributed by atoms with Crippen LogP contribution in [-0.2, 0) is 25.5 Å². The lowest BCUT2D eigenvalue weighted by Gasteiger charge is -2.38. The van der Waals surface area contributed by atoms with Gasteiger partial charge >= 0.3 is 0 Å². The molecule has 1 saturated carbocycles. The molecule has 222 valence electrons. The van der Waals surface area contributed by atoms with Crippen LogP contribution in [0.2, 0.25) is 5.02 Å². The molecule has 6 rings (SSSR count). The molecule has 0 radical (unpaired) electrons. The van der Waals surface area contributed by atoms with E-state index < -0.39 is 29.6 Å². The molecule has 3 heterocycles. The normalized spacial score (nSPS) is 33.1. The summed E-state index contributed by atoms with van der Waals surface area (Å²) in [6.45, 7) is 8.73. The van der Waals surface area contributed by atoms with Crippen LogP contribution in [0.5, 0.6) is 0 Å². The standard InChI is InChI=1S/C34H40ClN3O4/c1-19-8-11-23(12-9-19)15-17-38-30(32(40)37-26-7-5-6-20(2)22(26)4)34-16-14-27(42-34)28(29(34)33(38)41)31(39)36-24-13-10-21(3)25(35)18-24/h8-14,16,18,20,22,26-30H,5-7,15,17H2,1-4H3,(H,36,39)(H,37,40)/t20?,22?,26?,27-,28?,29-,30?,34?/m0/s1. The quantitative estimate of drug-likeness (QED) is 0.433. The lowest BCUT2D eigenvalue weighted by atomic mass is 9.73. The first kappa shape index (κ1) is 28.9. The Hall–Kier alpha value is -3.16. The fourth-order valence-corrected chi connectivity index (χ4v) is 7.64. The molecule has 3 fully saturated rings. The molecule has 4 aliphatic rings. The molecular formula is C34H40ClN3O4. The third-order valence-corrected chi connectivity index (χ3v) is 10.6. The summed E-state index contributed by atoms with van der Waals surface area (Å²) < 4.78 is 6.52. The Bertz CT molecular complexity index is 1420. The van der Waals surface area contributed by atoms with Crippen LogP contribution < -0.4 is 10.6 Å². The second-order valence-electron chi connectivity index (χ2n) is 12.8. The largest absolute Gasteiger partial charge is 0.359 e. The zero-order valence-electron chi connectivity index (χ0n) is 24.7. The molecule has 3 aliphatic heterocycles. The highest BCUT2D eigenvalue weighted by Crippen LogP contribution is 2.55. The number of nitrogens with one attached hydrogen (secondary N) is 2. The third-order valence-electron chi connectivity index (χ3n) is 10.2. The second-order valence-corrected chi connectivity index (χ2v) is 13.2. The summed E-state index contributed by atoms with van der Waals surface area (Å²) in [5, 5.41) is 6.83. The second kappa shape index (κ2) is 11.2. The molecule has 1 aliphatic carbocycles. The van der Waals surface area contributed by atoms with Crippen LogP contribution in [0.4, 0.5) is 5.69 Å². The smallest absolute Gasteiger partial charge is 0.246 e. The fourth-order valence-electron chi connectivity index (χ4n) is 7.46. The molecule has 0 aromatic heterocycles. The Morgan fingerprint density at radius 3 is 2.57 bits per heavy atom. The molecule has 3 amide bonds. The average molecular weight is 590 g/mol. The summed E-state index contributed by atoms with van der Waals surface area (Å²) in [5.41, 5.74) is 2.54. The predicted molar refractivity (Wildman–Crippen MR) is 163 cm³/mol. The number of amides is 3. The average Bonchev–Trinajstić information content (AvgIpc) is 3.60. The van der Waals surface area contributed by atoms with Gasteiger partial charge in [0.2, 0.25) is 17.7 Å². The van der Waals surface area contributed by atoms with Gasteiger partial charge < -0.3 is 20.3 Å². The summed E-state index contributed by atoms with van der Waals surface area (Å²) in [5.74, 6) is -1.40. The molecule has 2 aromatic carbocycles. The molecule has 2 bridgehead atoms. The summed E-state index contributed by atoms with van der Waals surface area (Å²) in [6, 6.07) is 12.8. The number of nitrogens with zero attached hydrogens (tertiary/aromatic N) is 1. The van der Waals surface area contributed by atoms with Gasteiger partial charge in [0.15, 0.2) is 0 Å². The van der Waals surface area contributed by atoms with Gasteiger partial charge in [-0.1, -0.05) is 86.3 Å². The number of hydrogen-bond donors (Lipinski definition) is 2. The van der Waals surface area contributed by atoms with Crippen molar-refractivity contribution in [1.82, 2.24) is 10.2 Å². The molecule has 1 spiro atoms. The predicted octanol–water partition coefficient (Wildman–Crippen LogP) is 5.23. The monoisotopic (exact) mass is 589 g/mol. The number of ether oxygens (including phenoxy) is 1. The van der Waals surface area contributed by atoms with Crippen LogP contribution in [0.15, 0.2) is 54.6 Å². The number of carbonyl (C=O) groups is 3. The first-order chi connectivity index (χ1) is 20.1. The van der Waals surface area contributed by atoms with Crippen molar-refractivity contribution in [2.24, 2.45) is 23.7 Å². The van der Waals surface area contributed by atoms with Gasteiger partial charge in [0.25, 0.3) is 0 Å². The van der Waals surface area contributed by atoms with Crippen molar-refractivity contribution < 1.29 is 19.1 Å². The Kier molecular flexibility index (Phi) is 7.69. The Balaban J connectivity index is 1.30. The van der Waals surface area contributed by atoms with E-state index in [0.29, 0.717) is 35.5 Å². The molecule has 2 saturated heterocycles. The van der Waals surface area contributed by atoms with Gasteiger partial charge in [-0.25, -0.2) is 0 Å². The van der Waals surface area contributed by atoms with Crippen LogP contribution in [-0.4, -0.2) is 53.0 Å². The van der Waals surface area contributed by atoms with Gasteiger partial charge in [0.1, 0.15) is 11.6 Å². The van der Waals surface area contributed by atoms with Crippen LogP contribution in [0.25, 0.3) is 0 Å². The molecule has 8 atom stereocenters. The van der Waals surface area contributed by atoms with E-state index in [1.54, 1.807) is 17.0 Å². The van der Waals surface area contributed by atoms with E-state index in [1.807, 2.05) is 32.1 Å². The molecule has 2 aromatic rings. The minimum absolute atomic E-state index is 0.0405. The molecule has 6 unspecified atom stereocenters. The minimum Gasteiger partial charge on any atom is -0.359 e. The van der Waals surface area contributed by atoms with Crippen molar-refractivity contribution in [2.45, 2.75) is 77.2 Å². The van der Waals surface area contributed by atoms with E-state index in [-0.39, 0.29) is 23.8 Å². The van der Waals surface area contributed by atoms with Crippen molar-refractivity contribution in [2.75, 3.05) is 11.9 Å². The van der Waals surface area contributed by atoms with Gasteiger partial charge in [-0.05, 0) is 61.8 Å². The lowest BCUT2D eigenvalue weighted by Crippen LogP contribution is -2.58. The Labute approximate surface area is 253 Å². The van der Waals surface area contributed by atoms with Crippen LogP contribution in [0.3, 0.4) is 0 Å². The summed E-state index contributed by atoms with van der Waals surface area (Å²) in [4.78, 5) is 43.9. The SMILES string of the molecule is Cc1ccc(CCN2C(=O)[C@@H]3C(C(=O)Nc4ccc(C)c(Cl)c4)[C@@H]4C=CC3(O4)C2C(=O)NC2CCCC(C)C2C)cc1.